The number of aliphatic hydroxyl groups is 1. The standard InChI is InChI=1S/C10H21NO3/c1-7(10(13)14-4)5-8(2)11-9(3)6-12/h7-9,11-12H,5-6H2,1-4H3/t7?,8?,9-/m1/s1. The lowest BCUT2D eigenvalue weighted by atomic mass is 10.0. The molecule has 2 unspecified atom stereocenters. The molecule has 0 rings (SSSR count). The Bertz CT molecular complexity index is 173. The van der Waals surface area contributed by atoms with Crippen molar-refractivity contribution in [2.45, 2.75) is 39.3 Å². The Hall–Kier alpha value is -0.610. The molecule has 0 fully saturated rings. The van der Waals surface area contributed by atoms with Gasteiger partial charge in [0, 0.05) is 12.1 Å². The molecule has 0 aliphatic rings. The zero-order valence-electron chi connectivity index (χ0n) is 9.41. The van der Waals surface area contributed by atoms with E-state index in [4.69, 9.17) is 5.11 Å². The van der Waals surface area contributed by atoms with Crippen molar-refractivity contribution in [2.75, 3.05) is 13.7 Å². The van der Waals surface area contributed by atoms with Gasteiger partial charge >= 0.3 is 5.97 Å². The summed E-state index contributed by atoms with van der Waals surface area (Å²) in [6.45, 7) is 5.84. The van der Waals surface area contributed by atoms with Crippen LogP contribution in [0.25, 0.3) is 0 Å². The molecule has 0 heterocycles. The zero-order valence-corrected chi connectivity index (χ0v) is 9.41. The lowest BCUT2D eigenvalue weighted by Gasteiger charge is -2.20. The van der Waals surface area contributed by atoms with Gasteiger partial charge < -0.3 is 15.2 Å². The molecule has 14 heavy (non-hydrogen) atoms. The summed E-state index contributed by atoms with van der Waals surface area (Å²) in [5.41, 5.74) is 0. The Labute approximate surface area is 85.6 Å². The van der Waals surface area contributed by atoms with Crippen LogP contribution in [0.2, 0.25) is 0 Å². The highest BCUT2D eigenvalue weighted by atomic mass is 16.5. The molecule has 84 valence electrons. The molecule has 0 spiro atoms. The summed E-state index contributed by atoms with van der Waals surface area (Å²) >= 11 is 0. The number of hydrogen-bond donors (Lipinski definition) is 2. The summed E-state index contributed by atoms with van der Waals surface area (Å²) in [7, 11) is 1.40. The van der Waals surface area contributed by atoms with Crippen molar-refractivity contribution in [1.82, 2.24) is 5.32 Å². The van der Waals surface area contributed by atoms with Crippen molar-refractivity contribution in [1.29, 1.82) is 0 Å². The number of hydrogen-bond acceptors (Lipinski definition) is 4. The van der Waals surface area contributed by atoms with Crippen LogP contribution in [0.5, 0.6) is 0 Å². The average molecular weight is 203 g/mol. The van der Waals surface area contributed by atoms with Gasteiger partial charge in [-0.15, -0.1) is 0 Å². The molecule has 0 aromatic carbocycles. The van der Waals surface area contributed by atoms with Crippen molar-refractivity contribution in [3.63, 3.8) is 0 Å². The van der Waals surface area contributed by atoms with E-state index in [1.54, 1.807) is 0 Å². The fraction of sp³-hybridized carbons (Fsp3) is 0.900. The Morgan fingerprint density at radius 2 is 1.93 bits per heavy atom. The van der Waals surface area contributed by atoms with Gasteiger partial charge in [-0.1, -0.05) is 6.92 Å². The highest BCUT2D eigenvalue weighted by Gasteiger charge is 2.17. The van der Waals surface area contributed by atoms with Crippen molar-refractivity contribution in [2.24, 2.45) is 5.92 Å². The van der Waals surface area contributed by atoms with E-state index >= 15 is 0 Å². The van der Waals surface area contributed by atoms with Gasteiger partial charge in [-0.2, -0.15) is 0 Å². The van der Waals surface area contributed by atoms with Crippen molar-refractivity contribution in [3.8, 4) is 0 Å². The van der Waals surface area contributed by atoms with Crippen LogP contribution in [0.3, 0.4) is 0 Å². The third-order valence-electron chi connectivity index (χ3n) is 2.15. The van der Waals surface area contributed by atoms with Crippen LogP contribution in [0, 0.1) is 5.92 Å². The molecule has 0 aliphatic carbocycles. The summed E-state index contributed by atoms with van der Waals surface area (Å²) in [6, 6.07) is 0.265. The normalized spacial score (nSPS) is 17.2. The second-order valence-electron chi connectivity index (χ2n) is 3.81. The summed E-state index contributed by atoms with van der Waals surface area (Å²) < 4.78 is 4.63. The highest BCUT2D eigenvalue weighted by molar-refractivity contribution is 5.71. The van der Waals surface area contributed by atoms with E-state index in [0.717, 1.165) is 6.42 Å². The third-order valence-corrected chi connectivity index (χ3v) is 2.15. The molecule has 3 atom stereocenters. The van der Waals surface area contributed by atoms with E-state index in [-0.39, 0.29) is 30.6 Å². The zero-order chi connectivity index (χ0) is 11.1. The van der Waals surface area contributed by atoms with Crippen LogP contribution in [0.4, 0.5) is 0 Å². The predicted molar refractivity (Wildman–Crippen MR) is 54.9 cm³/mol. The summed E-state index contributed by atoms with van der Waals surface area (Å²) in [6.07, 6.45) is 0.719. The number of ether oxygens (including phenoxy) is 1. The van der Waals surface area contributed by atoms with Crippen LogP contribution in [-0.2, 0) is 9.53 Å². The van der Waals surface area contributed by atoms with Gasteiger partial charge in [0.1, 0.15) is 0 Å². The van der Waals surface area contributed by atoms with Crippen LogP contribution in [0.1, 0.15) is 27.2 Å². The fourth-order valence-corrected chi connectivity index (χ4v) is 1.43. The maximum atomic E-state index is 11.1. The molecule has 0 amide bonds. The number of aliphatic hydroxyl groups excluding tert-OH is 1. The molecule has 0 bridgehead atoms. The molecular weight excluding hydrogens is 182 g/mol. The summed E-state index contributed by atoms with van der Waals surface area (Å²) in [5.74, 6) is -0.288. The second kappa shape index (κ2) is 6.79. The number of methoxy groups -OCH3 is 1. The Morgan fingerprint density at radius 1 is 1.36 bits per heavy atom. The number of carbonyl (C=O) groups is 1. The van der Waals surface area contributed by atoms with Crippen LogP contribution >= 0.6 is 0 Å². The van der Waals surface area contributed by atoms with Gasteiger partial charge in [0.05, 0.1) is 19.6 Å². The van der Waals surface area contributed by atoms with E-state index in [9.17, 15) is 4.79 Å². The van der Waals surface area contributed by atoms with Crippen LogP contribution in [0.15, 0.2) is 0 Å². The topological polar surface area (TPSA) is 58.6 Å². The van der Waals surface area contributed by atoms with Gasteiger partial charge in [0.15, 0.2) is 0 Å². The van der Waals surface area contributed by atoms with Crippen LogP contribution in [-0.4, -0.2) is 36.9 Å². The minimum atomic E-state index is -0.185. The smallest absolute Gasteiger partial charge is 0.308 e. The van der Waals surface area contributed by atoms with E-state index in [1.165, 1.54) is 7.11 Å². The van der Waals surface area contributed by atoms with Gasteiger partial charge in [-0.3, -0.25) is 4.79 Å². The molecule has 0 saturated carbocycles. The number of nitrogens with one attached hydrogen (secondary N) is 1. The fourth-order valence-electron chi connectivity index (χ4n) is 1.43. The quantitative estimate of drug-likeness (QED) is 0.619. The molecule has 4 nitrogen and oxygen atoms in total. The number of esters is 1. The molecule has 0 aliphatic heterocycles. The first-order chi connectivity index (χ1) is 6.51. The van der Waals surface area contributed by atoms with Gasteiger partial charge in [0.25, 0.3) is 0 Å². The first-order valence-corrected chi connectivity index (χ1v) is 4.96. The number of rotatable bonds is 6. The van der Waals surface area contributed by atoms with E-state index < -0.39 is 0 Å². The van der Waals surface area contributed by atoms with Crippen molar-refractivity contribution in [3.05, 3.63) is 0 Å². The maximum Gasteiger partial charge on any atom is 0.308 e. The molecular formula is C10H21NO3. The van der Waals surface area contributed by atoms with E-state index in [1.807, 2.05) is 20.8 Å². The average Bonchev–Trinajstić information content (AvgIpc) is 2.15. The van der Waals surface area contributed by atoms with Gasteiger partial charge in [-0.25, -0.2) is 0 Å². The Kier molecular flexibility index (Phi) is 6.49. The van der Waals surface area contributed by atoms with E-state index in [2.05, 4.69) is 10.1 Å². The highest BCUT2D eigenvalue weighted by Crippen LogP contribution is 2.07. The molecule has 2 N–H and O–H groups in total. The first-order valence-electron chi connectivity index (χ1n) is 4.96. The lowest BCUT2D eigenvalue weighted by molar-refractivity contribution is -0.145. The Balaban J connectivity index is 3.81. The largest absolute Gasteiger partial charge is 0.469 e. The Morgan fingerprint density at radius 3 is 2.36 bits per heavy atom. The molecule has 0 aromatic heterocycles. The predicted octanol–water partition coefficient (Wildman–Crippen LogP) is 0.544. The van der Waals surface area contributed by atoms with Crippen molar-refractivity contribution < 1.29 is 14.6 Å². The third kappa shape index (κ3) is 5.19. The first kappa shape index (κ1) is 13.4. The van der Waals surface area contributed by atoms with E-state index in [0.29, 0.717) is 0 Å². The second-order valence-corrected chi connectivity index (χ2v) is 3.81. The summed E-state index contributed by atoms with van der Waals surface area (Å²) in [4.78, 5) is 11.1. The molecule has 0 radical (unpaired) electrons. The minimum Gasteiger partial charge on any atom is -0.469 e. The molecule has 0 saturated heterocycles. The SMILES string of the molecule is COC(=O)C(C)CC(C)N[C@H](C)CO. The minimum absolute atomic E-state index is 0.0647. The van der Waals surface area contributed by atoms with Gasteiger partial charge in [-0.05, 0) is 20.3 Å². The lowest BCUT2D eigenvalue weighted by Crippen LogP contribution is -2.38. The number of carbonyl (C=O) groups excluding carboxylic acids is 1. The van der Waals surface area contributed by atoms with Crippen LogP contribution < -0.4 is 5.32 Å². The van der Waals surface area contributed by atoms with Gasteiger partial charge in [0.2, 0.25) is 0 Å². The maximum absolute atomic E-state index is 11.1. The monoisotopic (exact) mass is 203 g/mol. The van der Waals surface area contributed by atoms with Crippen molar-refractivity contribution >= 4 is 5.97 Å². The summed E-state index contributed by atoms with van der Waals surface area (Å²) in [5, 5.41) is 12.0. The molecule has 0 aromatic rings. The molecule has 4 heteroatoms.